The van der Waals surface area contributed by atoms with Crippen LogP contribution in [0.2, 0.25) is 0 Å². The summed E-state index contributed by atoms with van der Waals surface area (Å²) in [5.74, 6) is 1.52. The molecule has 0 aliphatic carbocycles. The molecule has 2 aromatic rings. The van der Waals surface area contributed by atoms with Crippen molar-refractivity contribution in [2.45, 2.75) is 26.7 Å². The van der Waals surface area contributed by atoms with Gasteiger partial charge in [0.1, 0.15) is 0 Å². The van der Waals surface area contributed by atoms with E-state index < -0.39 is 0 Å². The summed E-state index contributed by atoms with van der Waals surface area (Å²) in [6.45, 7) is 6.10. The molecule has 0 saturated heterocycles. The number of aryl methyl sites for hydroxylation is 1. The van der Waals surface area contributed by atoms with Gasteiger partial charge in [0, 0.05) is 16.0 Å². The molecule has 0 radical (unpaired) electrons. The van der Waals surface area contributed by atoms with Crippen LogP contribution >= 0.6 is 15.9 Å². The minimum absolute atomic E-state index is 0.262. The van der Waals surface area contributed by atoms with Crippen LogP contribution in [0, 0.1) is 6.92 Å². The number of rotatable bonds is 2. The van der Waals surface area contributed by atoms with E-state index in [2.05, 4.69) is 26.1 Å². The molecule has 3 nitrogen and oxygen atoms in total. The Labute approximate surface area is 103 Å². The molecule has 1 aromatic heterocycles. The largest absolute Gasteiger partial charge is 0.420 e. The van der Waals surface area contributed by atoms with Crippen LogP contribution in [0.4, 0.5) is 0 Å². The van der Waals surface area contributed by atoms with Crippen molar-refractivity contribution in [3.63, 3.8) is 0 Å². The van der Waals surface area contributed by atoms with Crippen LogP contribution in [0.3, 0.4) is 0 Å². The van der Waals surface area contributed by atoms with Crippen LogP contribution in [0.15, 0.2) is 27.1 Å². The van der Waals surface area contributed by atoms with E-state index in [9.17, 15) is 0 Å². The number of nitrogens with zero attached hydrogens (tertiary/aromatic N) is 2. The SMILES string of the molecule is Cc1cc(-c2nnc(C(C)C)o2)ccc1Br. The molecule has 2 rings (SSSR count). The fourth-order valence-electron chi connectivity index (χ4n) is 1.36. The zero-order valence-electron chi connectivity index (χ0n) is 9.49. The molecule has 16 heavy (non-hydrogen) atoms. The summed E-state index contributed by atoms with van der Waals surface area (Å²) in [5.41, 5.74) is 2.11. The van der Waals surface area contributed by atoms with Crippen LogP contribution in [-0.2, 0) is 0 Å². The molecule has 1 aromatic carbocycles. The molecular weight excluding hydrogens is 268 g/mol. The first-order chi connectivity index (χ1) is 7.58. The molecule has 0 aliphatic heterocycles. The standard InChI is InChI=1S/C12H13BrN2O/c1-7(2)11-14-15-12(16-11)9-4-5-10(13)8(3)6-9/h4-7H,1-3H3. The fraction of sp³-hybridized carbons (Fsp3) is 0.333. The fourth-order valence-corrected chi connectivity index (χ4v) is 1.61. The number of hydrogen-bond acceptors (Lipinski definition) is 3. The summed E-state index contributed by atoms with van der Waals surface area (Å²) in [6, 6.07) is 5.99. The average Bonchev–Trinajstić information content (AvgIpc) is 2.71. The Morgan fingerprint density at radius 1 is 1.25 bits per heavy atom. The lowest BCUT2D eigenvalue weighted by Crippen LogP contribution is -1.85. The highest BCUT2D eigenvalue weighted by atomic mass is 79.9. The molecule has 0 saturated carbocycles. The van der Waals surface area contributed by atoms with Crippen molar-refractivity contribution in [2.24, 2.45) is 0 Å². The molecule has 4 heteroatoms. The molecule has 0 aliphatic rings. The Bertz CT molecular complexity index is 505. The summed E-state index contributed by atoms with van der Waals surface area (Å²) in [7, 11) is 0. The Balaban J connectivity index is 2.39. The lowest BCUT2D eigenvalue weighted by molar-refractivity contribution is 0.481. The van der Waals surface area contributed by atoms with Crippen molar-refractivity contribution in [1.29, 1.82) is 0 Å². The van der Waals surface area contributed by atoms with Crippen LogP contribution in [0.5, 0.6) is 0 Å². The number of aromatic nitrogens is 2. The van der Waals surface area contributed by atoms with Gasteiger partial charge in [-0.1, -0.05) is 29.8 Å². The predicted molar refractivity (Wildman–Crippen MR) is 66.3 cm³/mol. The number of hydrogen-bond donors (Lipinski definition) is 0. The summed E-state index contributed by atoms with van der Waals surface area (Å²) in [4.78, 5) is 0. The average molecular weight is 281 g/mol. The van der Waals surface area contributed by atoms with E-state index in [-0.39, 0.29) is 5.92 Å². The maximum Gasteiger partial charge on any atom is 0.247 e. The quantitative estimate of drug-likeness (QED) is 0.837. The topological polar surface area (TPSA) is 38.9 Å². The van der Waals surface area contributed by atoms with Crippen molar-refractivity contribution < 1.29 is 4.42 Å². The minimum atomic E-state index is 0.262. The number of benzene rings is 1. The van der Waals surface area contributed by atoms with Crippen LogP contribution < -0.4 is 0 Å². The summed E-state index contributed by atoms with van der Waals surface area (Å²) >= 11 is 3.46. The van der Waals surface area contributed by atoms with Gasteiger partial charge in [-0.3, -0.25) is 0 Å². The third-order valence-electron chi connectivity index (χ3n) is 2.34. The molecule has 0 bridgehead atoms. The molecule has 0 fully saturated rings. The highest BCUT2D eigenvalue weighted by molar-refractivity contribution is 9.10. The molecule has 0 spiro atoms. The lowest BCUT2D eigenvalue weighted by atomic mass is 10.1. The lowest BCUT2D eigenvalue weighted by Gasteiger charge is -2.00. The molecule has 84 valence electrons. The zero-order valence-corrected chi connectivity index (χ0v) is 11.1. The summed E-state index contributed by atoms with van der Waals surface area (Å²) in [6.07, 6.45) is 0. The van der Waals surface area contributed by atoms with Gasteiger partial charge in [-0.05, 0) is 30.7 Å². The molecule has 0 N–H and O–H groups in total. The van der Waals surface area contributed by atoms with Crippen molar-refractivity contribution in [3.05, 3.63) is 34.1 Å². The Kier molecular flexibility index (Phi) is 3.10. The first-order valence-corrected chi connectivity index (χ1v) is 5.97. The van der Waals surface area contributed by atoms with E-state index in [0.717, 1.165) is 15.6 Å². The maximum absolute atomic E-state index is 5.59. The normalized spacial score (nSPS) is 11.1. The predicted octanol–water partition coefficient (Wildman–Crippen LogP) is 3.93. The Hall–Kier alpha value is -1.16. The van der Waals surface area contributed by atoms with Crippen LogP contribution in [0.25, 0.3) is 11.5 Å². The Morgan fingerprint density at radius 3 is 2.56 bits per heavy atom. The Morgan fingerprint density at radius 2 is 2.00 bits per heavy atom. The van der Waals surface area contributed by atoms with Gasteiger partial charge in [0.25, 0.3) is 0 Å². The maximum atomic E-state index is 5.59. The van der Waals surface area contributed by atoms with Crippen molar-refractivity contribution in [3.8, 4) is 11.5 Å². The van der Waals surface area contributed by atoms with Gasteiger partial charge < -0.3 is 4.42 Å². The number of halogens is 1. The molecule has 0 unspecified atom stereocenters. The van der Waals surface area contributed by atoms with Gasteiger partial charge in [0.2, 0.25) is 11.8 Å². The first-order valence-electron chi connectivity index (χ1n) is 5.18. The monoisotopic (exact) mass is 280 g/mol. The summed E-state index contributed by atoms with van der Waals surface area (Å²) in [5, 5.41) is 8.06. The van der Waals surface area contributed by atoms with Gasteiger partial charge in [0.05, 0.1) is 0 Å². The third-order valence-corrected chi connectivity index (χ3v) is 3.23. The molecule has 0 atom stereocenters. The van der Waals surface area contributed by atoms with E-state index >= 15 is 0 Å². The van der Waals surface area contributed by atoms with E-state index in [1.54, 1.807) is 0 Å². The van der Waals surface area contributed by atoms with Gasteiger partial charge in [-0.25, -0.2) is 0 Å². The van der Waals surface area contributed by atoms with Crippen molar-refractivity contribution in [1.82, 2.24) is 10.2 Å². The highest BCUT2D eigenvalue weighted by Gasteiger charge is 2.11. The zero-order chi connectivity index (χ0) is 11.7. The van der Waals surface area contributed by atoms with Crippen LogP contribution in [-0.4, -0.2) is 10.2 Å². The van der Waals surface area contributed by atoms with E-state index in [1.807, 2.05) is 39.0 Å². The molecular formula is C12H13BrN2O. The molecule has 1 heterocycles. The van der Waals surface area contributed by atoms with Gasteiger partial charge >= 0.3 is 0 Å². The highest BCUT2D eigenvalue weighted by Crippen LogP contribution is 2.25. The minimum Gasteiger partial charge on any atom is -0.420 e. The van der Waals surface area contributed by atoms with E-state index in [1.165, 1.54) is 0 Å². The second-order valence-corrected chi connectivity index (χ2v) is 4.92. The van der Waals surface area contributed by atoms with Gasteiger partial charge in [-0.2, -0.15) is 0 Å². The van der Waals surface area contributed by atoms with E-state index in [0.29, 0.717) is 11.8 Å². The van der Waals surface area contributed by atoms with Crippen molar-refractivity contribution >= 4 is 15.9 Å². The van der Waals surface area contributed by atoms with Gasteiger partial charge in [-0.15, -0.1) is 10.2 Å². The third kappa shape index (κ3) is 2.16. The van der Waals surface area contributed by atoms with E-state index in [4.69, 9.17) is 4.42 Å². The molecule has 0 amide bonds. The second kappa shape index (κ2) is 4.37. The van der Waals surface area contributed by atoms with Crippen molar-refractivity contribution in [2.75, 3.05) is 0 Å². The first kappa shape index (κ1) is 11.3. The van der Waals surface area contributed by atoms with Crippen LogP contribution in [0.1, 0.15) is 31.2 Å². The smallest absolute Gasteiger partial charge is 0.247 e. The summed E-state index contributed by atoms with van der Waals surface area (Å²) < 4.78 is 6.67. The van der Waals surface area contributed by atoms with Gasteiger partial charge in [0.15, 0.2) is 0 Å². The second-order valence-electron chi connectivity index (χ2n) is 4.06.